The fraction of sp³-hybridized carbons (Fsp3) is 0.370. The Morgan fingerprint density at radius 1 is 1.17 bits per heavy atom. The van der Waals surface area contributed by atoms with Gasteiger partial charge in [-0.2, -0.15) is 0 Å². The van der Waals surface area contributed by atoms with Crippen molar-refractivity contribution in [3.63, 3.8) is 0 Å². The zero-order valence-corrected chi connectivity index (χ0v) is 21.4. The summed E-state index contributed by atoms with van der Waals surface area (Å²) in [7, 11) is 1.72. The molecular formula is C27H30FN5O2S. The summed E-state index contributed by atoms with van der Waals surface area (Å²) in [4.78, 5) is 37.1. The predicted molar refractivity (Wildman–Crippen MR) is 140 cm³/mol. The van der Waals surface area contributed by atoms with Crippen LogP contribution < -0.4 is 10.2 Å². The first-order valence-corrected chi connectivity index (χ1v) is 13.1. The summed E-state index contributed by atoms with van der Waals surface area (Å²) >= 11 is 1.41. The molecule has 1 saturated heterocycles. The average Bonchev–Trinajstić information content (AvgIpc) is 3.17. The lowest BCUT2D eigenvalue weighted by Gasteiger charge is -2.37. The Kier molecular flexibility index (Phi) is 6.91. The van der Waals surface area contributed by atoms with Crippen LogP contribution in [-0.4, -0.2) is 59.4 Å². The first-order chi connectivity index (χ1) is 17.4. The first-order valence-electron chi connectivity index (χ1n) is 12.3. The van der Waals surface area contributed by atoms with Crippen molar-refractivity contribution in [2.24, 2.45) is 0 Å². The molecule has 0 spiro atoms. The van der Waals surface area contributed by atoms with E-state index in [2.05, 4.69) is 16.3 Å². The van der Waals surface area contributed by atoms with E-state index in [1.165, 1.54) is 29.0 Å². The van der Waals surface area contributed by atoms with E-state index < -0.39 is 0 Å². The quantitative estimate of drug-likeness (QED) is 0.532. The van der Waals surface area contributed by atoms with E-state index in [0.717, 1.165) is 48.7 Å². The number of halogens is 1. The summed E-state index contributed by atoms with van der Waals surface area (Å²) < 4.78 is 13.5. The Morgan fingerprint density at radius 3 is 2.72 bits per heavy atom. The number of carbonyl (C=O) groups excluding carboxylic acids is 2. The summed E-state index contributed by atoms with van der Waals surface area (Å²) in [6.45, 7) is 4.45. The Labute approximate surface area is 214 Å². The summed E-state index contributed by atoms with van der Waals surface area (Å²) in [5.41, 5.74) is 3.53. The first kappa shape index (κ1) is 24.2. The zero-order valence-electron chi connectivity index (χ0n) is 20.5. The number of anilines is 2. The van der Waals surface area contributed by atoms with Crippen molar-refractivity contribution >= 4 is 34.1 Å². The van der Waals surface area contributed by atoms with Gasteiger partial charge >= 0.3 is 6.03 Å². The van der Waals surface area contributed by atoms with Gasteiger partial charge in [0, 0.05) is 45.0 Å². The number of nitrogens with one attached hydrogen (secondary N) is 1. The van der Waals surface area contributed by atoms with E-state index in [1.807, 2.05) is 36.1 Å². The van der Waals surface area contributed by atoms with Gasteiger partial charge in [-0.3, -0.25) is 4.79 Å². The van der Waals surface area contributed by atoms with Crippen molar-refractivity contribution in [1.82, 2.24) is 14.8 Å². The number of rotatable bonds is 5. The Hall–Kier alpha value is -3.46. The smallest absolute Gasteiger partial charge is 0.322 e. The highest BCUT2D eigenvalue weighted by Crippen LogP contribution is 2.31. The van der Waals surface area contributed by atoms with Gasteiger partial charge in [-0.05, 0) is 55.5 Å². The number of para-hydroxylation sites is 1. The standard InChI is InChI=1S/C27H30FN5O2S/c1-18-24(25(34)31(2)17-19-6-5-8-21(28)16-19)36-27(29-18)32-13-11-22(12-14-32)33-15-10-20-7-3-4-9-23(20)30-26(33)35/h3-9,16,22H,10-15,17H2,1-2H3,(H,30,35). The van der Waals surface area contributed by atoms with Crippen LogP contribution in [0.2, 0.25) is 0 Å². The van der Waals surface area contributed by atoms with Crippen LogP contribution >= 0.6 is 11.3 Å². The lowest BCUT2D eigenvalue weighted by atomic mass is 10.0. The minimum absolute atomic E-state index is 0.0299. The van der Waals surface area contributed by atoms with Crippen LogP contribution in [0.5, 0.6) is 0 Å². The van der Waals surface area contributed by atoms with Crippen LogP contribution in [0.3, 0.4) is 0 Å². The number of aryl methyl sites for hydroxylation is 1. The second-order valence-electron chi connectivity index (χ2n) is 9.45. The molecule has 3 heterocycles. The maximum atomic E-state index is 13.5. The molecule has 1 N–H and O–H groups in total. The molecule has 0 atom stereocenters. The largest absolute Gasteiger partial charge is 0.348 e. The van der Waals surface area contributed by atoms with Gasteiger partial charge in [-0.25, -0.2) is 14.2 Å². The Balaban J connectivity index is 1.20. The molecule has 0 unspecified atom stereocenters. The van der Waals surface area contributed by atoms with Crippen molar-refractivity contribution in [3.05, 3.63) is 76.0 Å². The lowest BCUT2D eigenvalue weighted by molar-refractivity contribution is 0.0788. The third kappa shape index (κ3) is 5.06. The van der Waals surface area contributed by atoms with Crippen LogP contribution in [0.15, 0.2) is 48.5 Å². The summed E-state index contributed by atoms with van der Waals surface area (Å²) in [5.74, 6) is -0.425. The van der Waals surface area contributed by atoms with E-state index in [-0.39, 0.29) is 23.8 Å². The molecule has 36 heavy (non-hydrogen) atoms. The van der Waals surface area contributed by atoms with E-state index in [9.17, 15) is 14.0 Å². The lowest BCUT2D eigenvalue weighted by Crippen LogP contribution is -2.48. The van der Waals surface area contributed by atoms with Crippen LogP contribution in [0.25, 0.3) is 0 Å². The van der Waals surface area contributed by atoms with Crippen LogP contribution in [0.4, 0.5) is 20.0 Å². The third-order valence-corrected chi connectivity index (χ3v) is 8.16. The topological polar surface area (TPSA) is 68.8 Å². The number of aromatic nitrogens is 1. The molecule has 9 heteroatoms. The third-order valence-electron chi connectivity index (χ3n) is 6.95. The molecule has 1 aromatic heterocycles. The number of thiazole rings is 1. The van der Waals surface area contributed by atoms with Crippen LogP contribution in [0, 0.1) is 12.7 Å². The van der Waals surface area contributed by atoms with Gasteiger partial charge in [-0.15, -0.1) is 0 Å². The molecule has 3 aromatic rings. The molecule has 5 rings (SSSR count). The van der Waals surface area contributed by atoms with Crippen molar-refractivity contribution in [2.75, 3.05) is 36.9 Å². The fourth-order valence-corrected chi connectivity index (χ4v) is 6.09. The number of hydrogen-bond donors (Lipinski definition) is 1. The molecule has 7 nitrogen and oxygen atoms in total. The molecule has 0 aliphatic carbocycles. The van der Waals surface area contributed by atoms with E-state index in [0.29, 0.717) is 23.7 Å². The van der Waals surface area contributed by atoms with Crippen LogP contribution in [-0.2, 0) is 13.0 Å². The van der Waals surface area contributed by atoms with E-state index in [1.54, 1.807) is 18.0 Å². The van der Waals surface area contributed by atoms with Crippen molar-refractivity contribution in [2.45, 2.75) is 38.8 Å². The highest BCUT2D eigenvalue weighted by atomic mass is 32.1. The molecule has 2 aromatic carbocycles. The van der Waals surface area contributed by atoms with Gasteiger partial charge in [0.05, 0.1) is 5.69 Å². The van der Waals surface area contributed by atoms with Crippen molar-refractivity contribution < 1.29 is 14.0 Å². The molecule has 1 fully saturated rings. The van der Waals surface area contributed by atoms with E-state index in [4.69, 9.17) is 4.98 Å². The maximum absolute atomic E-state index is 13.5. The fourth-order valence-electron chi connectivity index (χ4n) is 4.98. The zero-order chi connectivity index (χ0) is 25.2. The number of amides is 3. The average molecular weight is 508 g/mol. The minimum atomic E-state index is -0.310. The number of nitrogens with zero attached hydrogens (tertiary/aromatic N) is 4. The normalized spacial score (nSPS) is 16.4. The number of benzene rings is 2. The summed E-state index contributed by atoms with van der Waals surface area (Å²) in [6.07, 6.45) is 2.55. The van der Waals surface area contributed by atoms with E-state index >= 15 is 0 Å². The second-order valence-corrected chi connectivity index (χ2v) is 10.4. The van der Waals surface area contributed by atoms with Gasteiger partial charge in [-0.1, -0.05) is 41.7 Å². The van der Waals surface area contributed by atoms with Gasteiger partial charge in [0.15, 0.2) is 5.13 Å². The number of piperidine rings is 1. The Morgan fingerprint density at radius 2 is 1.94 bits per heavy atom. The van der Waals surface area contributed by atoms with Crippen LogP contribution in [0.1, 0.15) is 39.3 Å². The van der Waals surface area contributed by atoms with Gasteiger partial charge in [0.25, 0.3) is 5.91 Å². The molecule has 0 radical (unpaired) electrons. The molecular weight excluding hydrogens is 477 g/mol. The molecule has 3 amide bonds. The van der Waals surface area contributed by atoms with Crippen molar-refractivity contribution in [3.8, 4) is 0 Å². The second kappa shape index (κ2) is 10.3. The summed E-state index contributed by atoms with van der Waals surface area (Å²) in [5, 5.41) is 3.90. The van der Waals surface area contributed by atoms with Gasteiger partial charge in [0.2, 0.25) is 0 Å². The highest BCUT2D eigenvalue weighted by Gasteiger charge is 2.31. The maximum Gasteiger partial charge on any atom is 0.322 e. The van der Waals surface area contributed by atoms with Gasteiger partial charge < -0.3 is 20.0 Å². The molecule has 2 aliphatic heterocycles. The Bertz CT molecular complexity index is 1270. The number of fused-ring (bicyclic) bond motifs is 1. The molecule has 188 valence electrons. The number of carbonyl (C=O) groups is 2. The predicted octanol–water partition coefficient (Wildman–Crippen LogP) is 4.92. The minimum Gasteiger partial charge on any atom is -0.348 e. The van der Waals surface area contributed by atoms with Gasteiger partial charge in [0.1, 0.15) is 10.7 Å². The summed E-state index contributed by atoms with van der Waals surface area (Å²) in [6, 6.07) is 14.4. The monoisotopic (exact) mass is 507 g/mol. The highest BCUT2D eigenvalue weighted by molar-refractivity contribution is 7.17. The molecule has 0 bridgehead atoms. The number of hydrogen-bond acceptors (Lipinski definition) is 5. The molecule has 0 saturated carbocycles. The molecule has 2 aliphatic rings. The SMILES string of the molecule is Cc1nc(N2CCC(N3CCc4ccccc4NC3=O)CC2)sc1C(=O)N(C)Cc1cccc(F)c1. The number of urea groups is 1. The van der Waals surface area contributed by atoms with Crippen molar-refractivity contribution in [1.29, 1.82) is 0 Å².